The van der Waals surface area contributed by atoms with E-state index in [1.54, 1.807) is 0 Å². The van der Waals surface area contributed by atoms with Crippen molar-refractivity contribution in [3.05, 3.63) is 35.4 Å². The SMILES string of the molecule is NC(=O)N[C@@H]1c2ccccc2C[C@@H]1O. The molecule has 1 aromatic carbocycles. The van der Waals surface area contributed by atoms with Crippen LogP contribution in [-0.2, 0) is 6.42 Å². The molecular formula is C10H12N2O2. The molecule has 4 nitrogen and oxygen atoms in total. The number of nitrogens with one attached hydrogen (secondary N) is 1. The van der Waals surface area contributed by atoms with E-state index in [0.29, 0.717) is 6.42 Å². The average molecular weight is 192 g/mol. The number of nitrogens with two attached hydrogens (primary N) is 1. The summed E-state index contributed by atoms with van der Waals surface area (Å²) in [6.07, 6.45) is 0.00102. The smallest absolute Gasteiger partial charge is 0.312 e. The predicted octanol–water partition coefficient (Wildman–Crippen LogP) is 0.313. The van der Waals surface area contributed by atoms with Crippen molar-refractivity contribution in [2.45, 2.75) is 18.6 Å². The second-order valence-electron chi connectivity index (χ2n) is 3.46. The number of benzene rings is 1. The van der Waals surface area contributed by atoms with Crippen molar-refractivity contribution in [2.75, 3.05) is 0 Å². The zero-order valence-electron chi connectivity index (χ0n) is 7.60. The third-order valence-electron chi connectivity index (χ3n) is 2.50. The van der Waals surface area contributed by atoms with Crippen molar-refractivity contribution in [3.63, 3.8) is 0 Å². The van der Waals surface area contributed by atoms with Gasteiger partial charge < -0.3 is 16.2 Å². The summed E-state index contributed by atoms with van der Waals surface area (Å²) in [5, 5.41) is 12.2. The lowest BCUT2D eigenvalue weighted by atomic mass is 10.1. The molecule has 0 bridgehead atoms. The van der Waals surface area contributed by atoms with Crippen molar-refractivity contribution >= 4 is 6.03 Å². The van der Waals surface area contributed by atoms with E-state index >= 15 is 0 Å². The summed E-state index contributed by atoms with van der Waals surface area (Å²) in [4.78, 5) is 10.7. The van der Waals surface area contributed by atoms with E-state index in [2.05, 4.69) is 5.32 Å². The number of hydrogen-bond acceptors (Lipinski definition) is 2. The van der Waals surface area contributed by atoms with Crippen LogP contribution < -0.4 is 11.1 Å². The predicted molar refractivity (Wildman–Crippen MR) is 51.6 cm³/mol. The number of carbonyl (C=O) groups is 1. The quantitative estimate of drug-likeness (QED) is 0.599. The van der Waals surface area contributed by atoms with Gasteiger partial charge in [0, 0.05) is 6.42 Å². The van der Waals surface area contributed by atoms with E-state index in [9.17, 15) is 9.90 Å². The van der Waals surface area contributed by atoms with Crippen LogP contribution in [0.2, 0.25) is 0 Å². The molecule has 1 aromatic rings. The van der Waals surface area contributed by atoms with Crippen LogP contribution in [0, 0.1) is 0 Å². The van der Waals surface area contributed by atoms with Gasteiger partial charge in [-0.3, -0.25) is 0 Å². The molecule has 14 heavy (non-hydrogen) atoms. The van der Waals surface area contributed by atoms with Crippen LogP contribution >= 0.6 is 0 Å². The number of rotatable bonds is 1. The van der Waals surface area contributed by atoms with Crippen LogP contribution in [0.5, 0.6) is 0 Å². The number of aliphatic hydroxyl groups is 1. The van der Waals surface area contributed by atoms with Crippen molar-refractivity contribution in [1.82, 2.24) is 5.32 Å². The van der Waals surface area contributed by atoms with E-state index in [1.165, 1.54) is 0 Å². The van der Waals surface area contributed by atoms with Crippen LogP contribution in [0.15, 0.2) is 24.3 Å². The van der Waals surface area contributed by atoms with E-state index in [1.807, 2.05) is 24.3 Å². The monoisotopic (exact) mass is 192 g/mol. The minimum Gasteiger partial charge on any atom is -0.390 e. The zero-order valence-corrected chi connectivity index (χ0v) is 7.60. The van der Waals surface area contributed by atoms with Crippen LogP contribution in [-0.4, -0.2) is 17.2 Å². The minimum atomic E-state index is -0.606. The molecule has 0 saturated heterocycles. The summed E-state index contributed by atoms with van der Waals surface area (Å²) < 4.78 is 0. The zero-order chi connectivity index (χ0) is 10.1. The molecule has 2 atom stereocenters. The Morgan fingerprint density at radius 3 is 2.93 bits per heavy atom. The first-order valence-electron chi connectivity index (χ1n) is 4.50. The Hall–Kier alpha value is -1.55. The van der Waals surface area contributed by atoms with Crippen LogP contribution in [0.1, 0.15) is 17.2 Å². The fourth-order valence-corrected chi connectivity index (χ4v) is 1.90. The molecule has 1 aliphatic carbocycles. The molecule has 1 aliphatic rings. The number of fused-ring (bicyclic) bond motifs is 1. The lowest BCUT2D eigenvalue weighted by molar-refractivity contribution is 0.143. The van der Waals surface area contributed by atoms with E-state index in [0.717, 1.165) is 11.1 Å². The van der Waals surface area contributed by atoms with Crippen molar-refractivity contribution < 1.29 is 9.90 Å². The molecule has 0 aromatic heterocycles. The molecule has 0 spiro atoms. The highest BCUT2D eigenvalue weighted by Gasteiger charge is 2.31. The van der Waals surface area contributed by atoms with Gasteiger partial charge in [-0.25, -0.2) is 4.79 Å². The van der Waals surface area contributed by atoms with Crippen molar-refractivity contribution in [3.8, 4) is 0 Å². The fourth-order valence-electron chi connectivity index (χ4n) is 1.90. The van der Waals surface area contributed by atoms with E-state index in [4.69, 9.17) is 5.73 Å². The third kappa shape index (κ3) is 1.44. The number of primary amides is 1. The van der Waals surface area contributed by atoms with Gasteiger partial charge in [0.15, 0.2) is 0 Å². The average Bonchev–Trinajstić information content (AvgIpc) is 2.43. The highest BCUT2D eigenvalue weighted by Crippen LogP contribution is 2.30. The Balaban J connectivity index is 2.30. The number of amides is 2. The van der Waals surface area contributed by atoms with Gasteiger partial charge in [-0.05, 0) is 11.1 Å². The number of hydrogen-bond donors (Lipinski definition) is 3. The molecule has 4 N–H and O–H groups in total. The van der Waals surface area contributed by atoms with Gasteiger partial charge >= 0.3 is 6.03 Å². The lowest BCUT2D eigenvalue weighted by Gasteiger charge is -2.15. The van der Waals surface area contributed by atoms with Crippen molar-refractivity contribution in [1.29, 1.82) is 0 Å². The summed E-state index contributed by atoms with van der Waals surface area (Å²) in [7, 11) is 0. The fraction of sp³-hybridized carbons (Fsp3) is 0.300. The Labute approximate surface area is 81.7 Å². The first-order valence-corrected chi connectivity index (χ1v) is 4.50. The second-order valence-corrected chi connectivity index (χ2v) is 3.46. The summed E-state index contributed by atoms with van der Waals surface area (Å²) in [6.45, 7) is 0. The summed E-state index contributed by atoms with van der Waals surface area (Å²) in [5.41, 5.74) is 7.06. The molecule has 74 valence electrons. The van der Waals surface area contributed by atoms with Gasteiger partial charge in [-0.15, -0.1) is 0 Å². The molecule has 0 radical (unpaired) electrons. The highest BCUT2D eigenvalue weighted by molar-refractivity contribution is 5.72. The Morgan fingerprint density at radius 1 is 1.50 bits per heavy atom. The van der Waals surface area contributed by atoms with Crippen LogP contribution in [0.25, 0.3) is 0 Å². The van der Waals surface area contributed by atoms with Crippen LogP contribution in [0.3, 0.4) is 0 Å². The van der Waals surface area contributed by atoms with Gasteiger partial charge in [0.05, 0.1) is 12.1 Å². The first-order chi connectivity index (χ1) is 6.68. The second kappa shape index (κ2) is 3.31. The molecular weight excluding hydrogens is 180 g/mol. The standard InChI is InChI=1S/C10H12N2O2/c11-10(14)12-9-7-4-2-1-3-6(7)5-8(9)13/h1-4,8-9,13H,5H2,(H3,11,12,14)/t8-,9+/m0/s1. The molecule has 2 rings (SSSR count). The van der Waals surface area contributed by atoms with Crippen molar-refractivity contribution in [2.24, 2.45) is 5.73 Å². The van der Waals surface area contributed by atoms with Crippen LogP contribution in [0.4, 0.5) is 4.79 Å². The molecule has 0 unspecified atom stereocenters. The summed E-state index contributed by atoms with van der Waals surface area (Å²) in [6, 6.07) is 6.67. The first kappa shape index (κ1) is 9.02. The molecule has 0 heterocycles. The number of aliphatic hydroxyl groups excluding tert-OH is 1. The number of urea groups is 1. The summed E-state index contributed by atoms with van der Waals surface area (Å²) in [5.74, 6) is 0. The van der Waals surface area contributed by atoms with Gasteiger partial charge in [-0.2, -0.15) is 0 Å². The minimum absolute atomic E-state index is 0.358. The third-order valence-corrected chi connectivity index (χ3v) is 2.50. The maximum absolute atomic E-state index is 10.7. The maximum atomic E-state index is 10.7. The van der Waals surface area contributed by atoms with Gasteiger partial charge in [0.2, 0.25) is 0 Å². The normalized spacial score (nSPS) is 24.4. The number of carbonyl (C=O) groups excluding carboxylic acids is 1. The van der Waals surface area contributed by atoms with E-state index < -0.39 is 12.1 Å². The Bertz CT molecular complexity index is 365. The Morgan fingerprint density at radius 2 is 2.21 bits per heavy atom. The Kier molecular flexibility index (Phi) is 2.13. The van der Waals surface area contributed by atoms with Gasteiger partial charge in [-0.1, -0.05) is 24.3 Å². The van der Waals surface area contributed by atoms with Gasteiger partial charge in [0.1, 0.15) is 0 Å². The molecule has 0 aliphatic heterocycles. The maximum Gasteiger partial charge on any atom is 0.312 e. The van der Waals surface area contributed by atoms with E-state index in [-0.39, 0.29) is 6.04 Å². The molecule has 0 fully saturated rings. The lowest BCUT2D eigenvalue weighted by Crippen LogP contribution is -2.37. The molecule has 2 amide bonds. The highest BCUT2D eigenvalue weighted by atomic mass is 16.3. The largest absolute Gasteiger partial charge is 0.390 e. The topological polar surface area (TPSA) is 75.4 Å². The molecule has 4 heteroatoms. The van der Waals surface area contributed by atoms with Gasteiger partial charge in [0.25, 0.3) is 0 Å². The molecule has 0 saturated carbocycles. The summed E-state index contributed by atoms with van der Waals surface area (Å²) >= 11 is 0.